The summed E-state index contributed by atoms with van der Waals surface area (Å²) >= 11 is 0. The van der Waals surface area contributed by atoms with Gasteiger partial charge in [-0.25, -0.2) is 13.4 Å². The van der Waals surface area contributed by atoms with Crippen LogP contribution in [0.25, 0.3) is 0 Å². The SMILES string of the molecule is CCCNC(=O)C(C)n1cc(S(=O)(=O)Cl)nc1CC. The molecule has 1 aromatic heterocycles. The molecule has 0 saturated heterocycles. The fourth-order valence-corrected chi connectivity index (χ4v) is 2.32. The van der Waals surface area contributed by atoms with Crippen LogP contribution in [0.15, 0.2) is 11.2 Å². The summed E-state index contributed by atoms with van der Waals surface area (Å²) in [5, 5.41) is 2.54. The van der Waals surface area contributed by atoms with Crippen molar-refractivity contribution in [3.8, 4) is 0 Å². The summed E-state index contributed by atoms with van der Waals surface area (Å²) in [6.07, 6.45) is 2.65. The van der Waals surface area contributed by atoms with Gasteiger partial charge >= 0.3 is 0 Å². The monoisotopic (exact) mass is 307 g/mol. The highest BCUT2D eigenvalue weighted by Crippen LogP contribution is 2.19. The number of imidazole rings is 1. The Balaban J connectivity index is 3.05. The highest BCUT2D eigenvalue weighted by Gasteiger charge is 2.22. The Labute approximate surface area is 117 Å². The van der Waals surface area contributed by atoms with Crippen LogP contribution < -0.4 is 5.32 Å². The average Bonchev–Trinajstić information content (AvgIpc) is 2.78. The third kappa shape index (κ3) is 3.94. The lowest BCUT2D eigenvalue weighted by Crippen LogP contribution is -2.31. The summed E-state index contributed by atoms with van der Waals surface area (Å²) in [4.78, 5) is 15.8. The van der Waals surface area contributed by atoms with Gasteiger partial charge in [0.15, 0.2) is 5.03 Å². The number of nitrogens with zero attached hydrogens (tertiary/aromatic N) is 2. The van der Waals surface area contributed by atoms with Crippen molar-refractivity contribution in [2.75, 3.05) is 6.54 Å². The number of amides is 1. The lowest BCUT2D eigenvalue weighted by molar-refractivity contribution is -0.123. The van der Waals surface area contributed by atoms with E-state index in [-0.39, 0.29) is 10.9 Å². The number of carbonyl (C=O) groups excluding carboxylic acids is 1. The third-order valence-electron chi connectivity index (χ3n) is 2.70. The zero-order chi connectivity index (χ0) is 14.6. The molecule has 1 atom stereocenters. The first-order chi connectivity index (χ1) is 8.81. The van der Waals surface area contributed by atoms with Gasteiger partial charge in [0.2, 0.25) is 5.91 Å². The van der Waals surface area contributed by atoms with Crippen LogP contribution in [0.5, 0.6) is 0 Å². The van der Waals surface area contributed by atoms with E-state index in [0.717, 1.165) is 6.42 Å². The Kier molecular flexibility index (Phi) is 5.37. The Morgan fingerprint density at radius 1 is 1.53 bits per heavy atom. The van der Waals surface area contributed by atoms with Crippen LogP contribution in [-0.2, 0) is 20.3 Å². The molecule has 0 aliphatic heterocycles. The van der Waals surface area contributed by atoms with Gasteiger partial charge in [0, 0.05) is 29.8 Å². The molecule has 19 heavy (non-hydrogen) atoms. The summed E-state index contributed by atoms with van der Waals surface area (Å²) in [6, 6.07) is -0.527. The van der Waals surface area contributed by atoms with E-state index in [0.29, 0.717) is 18.8 Å². The van der Waals surface area contributed by atoms with Crippen LogP contribution in [0.2, 0.25) is 0 Å². The first-order valence-corrected chi connectivity index (χ1v) is 8.42. The zero-order valence-electron chi connectivity index (χ0n) is 11.2. The number of hydrogen-bond donors (Lipinski definition) is 1. The molecule has 1 amide bonds. The number of halogens is 1. The van der Waals surface area contributed by atoms with Gasteiger partial charge in [-0.2, -0.15) is 0 Å². The molecule has 0 bridgehead atoms. The molecule has 1 heterocycles. The van der Waals surface area contributed by atoms with Crippen molar-refractivity contribution in [3.63, 3.8) is 0 Å². The van der Waals surface area contributed by atoms with E-state index in [4.69, 9.17) is 10.7 Å². The lowest BCUT2D eigenvalue weighted by atomic mass is 10.3. The predicted molar refractivity (Wildman–Crippen MR) is 72.7 cm³/mol. The number of carbonyl (C=O) groups is 1. The summed E-state index contributed by atoms with van der Waals surface area (Å²) in [5.74, 6) is 0.339. The first kappa shape index (κ1) is 16.0. The van der Waals surface area contributed by atoms with E-state index in [1.54, 1.807) is 11.5 Å². The van der Waals surface area contributed by atoms with Gasteiger partial charge < -0.3 is 9.88 Å². The van der Waals surface area contributed by atoms with Crippen LogP contribution in [-0.4, -0.2) is 30.4 Å². The van der Waals surface area contributed by atoms with Crippen molar-refractivity contribution in [2.24, 2.45) is 0 Å². The number of nitrogens with one attached hydrogen (secondary N) is 1. The molecule has 0 aromatic carbocycles. The Hall–Kier alpha value is -1.08. The summed E-state index contributed by atoms with van der Waals surface area (Å²) in [5.41, 5.74) is 0. The van der Waals surface area contributed by atoms with Gasteiger partial charge in [0.05, 0.1) is 0 Å². The van der Waals surface area contributed by atoms with Gasteiger partial charge in [-0.1, -0.05) is 13.8 Å². The maximum absolute atomic E-state index is 11.9. The van der Waals surface area contributed by atoms with E-state index < -0.39 is 15.1 Å². The molecule has 0 fully saturated rings. The van der Waals surface area contributed by atoms with E-state index in [1.807, 2.05) is 13.8 Å². The molecule has 1 aromatic rings. The minimum atomic E-state index is -3.88. The molecule has 1 unspecified atom stereocenters. The molecule has 0 aliphatic carbocycles. The van der Waals surface area contributed by atoms with Gasteiger partial charge in [-0.05, 0) is 13.3 Å². The third-order valence-corrected chi connectivity index (χ3v) is 3.87. The van der Waals surface area contributed by atoms with Crippen molar-refractivity contribution in [2.45, 2.75) is 44.7 Å². The van der Waals surface area contributed by atoms with Crippen LogP contribution in [0.1, 0.15) is 39.1 Å². The number of rotatable bonds is 6. The molecule has 108 valence electrons. The van der Waals surface area contributed by atoms with E-state index in [2.05, 4.69) is 10.3 Å². The van der Waals surface area contributed by atoms with Gasteiger partial charge in [0.1, 0.15) is 11.9 Å². The van der Waals surface area contributed by atoms with E-state index in [9.17, 15) is 13.2 Å². The largest absolute Gasteiger partial charge is 0.354 e. The highest BCUT2D eigenvalue weighted by molar-refractivity contribution is 8.13. The van der Waals surface area contributed by atoms with Crippen LogP contribution >= 0.6 is 10.7 Å². The molecule has 0 spiro atoms. The smallest absolute Gasteiger partial charge is 0.280 e. The second-order valence-electron chi connectivity index (χ2n) is 4.16. The maximum Gasteiger partial charge on any atom is 0.280 e. The predicted octanol–water partition coefficient (Wildman–Crippen LogP) is 1.46. The maximum atomic E-state index is 11.9. The van der Waals surface area contributed by atoms with Crippen molar-refractivity contribution in [1.82, 2.24) is 14.9 Å². The second-order valence-corrected chi connectivity index (χ2v) is 6.67. The fourth-order valence-electron chi connectivity index (χ4n) is 1.64. The van der Waals surface area contributed by atoms with E-state index >= 15 is 0 Å². The number of aromatic nitrogens is 2. The van der Waals surface area contributed by atoms with Crippen molar-refractivity contribution in [1.29, 1.82) is 0 Å². The Morgan fingerprint density at radius 2 is 2.16 bits per heavy atom. The molecule has 8 heteroatoms. The van der Waals surface area contributed by atoms with Crippen LogP contribution in [0, 0.1) is 0 Å². The Bertz CT molecular complexity index is 554. The first-order valence-electron chi connectivity index (χ1n) is 6.11. The summed E-state index contributed by atoms with van der Waals surface area (Å²) < 4.78 is 24.1. The molecule has 0 saturated carbocycles. The molecule has 6 nitrogen and oxygen atoms in total. The standard InChI is InChI=1S/C11H18ClN3O3S/c1-4-6-13-11(16)8(3)15-7-10(19(12,17)18)14-9(15)5-2/h7-8H,4-6H2,1-3H3,(H,13,16). The summed E-state index contributed by atoms with van der Waals surface area (Å²) in [7, 11) is 1.38. The fraction of sp³-hybridized carbons (Fsp3) is 0.636. The molecule has 0 radical (unpaired) electrons. The van der Waals surface area contributed by atoms with Crippen LogP contribution in [0.4, 0.5) is 0 Å². The minimum Gasteiger partial charge on any atom is -0.354 e. The Morgan fingerprint density at radius 3 is 2.63 bits per heavy atom. The van der Waals surface area contributed by atoms with E-state index in [1.165, 1.54) is 6.20 Å². The van der Waals surface area contributed by atoms with Crippen LogP contribution in [0.3, 0.4) is 0 Å². The minimum absolute atomic E-state index is 0.174. The van der Waals surface area contributed by atoms with Gasteiger partial charge in [-0.3, -0.25) is 4.79 Å². The zero-order valence-corrected chi connectivity index (χ0v) is 12.8. The number of hydrogen-bond acceptors (Lipinski definition) is 4. The molecular weight excluding hydrogens is 290 g/mol. The molecule has 1 rings (SSSR count). The molecule has 1 N–H and O–H groups in total. The summed E-state index contributed by atoms with van der Waals surface area (Å²) in [6.45, 7) is 6.06. The average molecular weight is 308 g/mol. The number of aryl methyl sites for hydroxylation is 1. The van der Waals surface area contributed by atoms with Gasteiger partial charge in [-0.15, -0.1) is 0 Å². The normalized spacial score (nSPS) is 13.3. The highest BCUT2D eigenvalue weighted by atomic mass is 35.7. The second kappa shape index (κ2) is 6.38. The van der Waals surface area contributed by atoms with Crippen molar-refractivity contribution in [3.05, 3.63) is 12.0 Å². The molecular formula is C11H18ClN3O3S. The molecule has 0 aliphatic rings. The quantitative estimate of drug-likeness (QED) is 0.807. The lowest BCUT2D eigenvalue weighted by Gasteiger charge is -2.15. The van der Waals surface area contributed by atoms with Gasteiger partial charge in [0.25, 0.3) is 9.05 Å². The van der Waals surface area contributed by atoms with Crippen molar-refractivity contribution < 1.29 is 13.2 Å². The topological polar surface area (TPSA) is 81.1 Å². The van der Waals surface area contributed by atoms with Crippen molar-refractivity contribution >= 4 is 25.6 Å².